The number of piperidine rings is 1. The maximum Gasteiger partial charge on any atom is 0.0697 e. The number of hydrogen-bond donors (Lipinski definition) is 1. The number of nitrogens with zero attached hydrogens (tertiary/aromatic N) is 1. The highest BCUT2D eigenvalue weighted by molar-refractivity contribution is 4.98. The maximum absolute atomic E-state index is 6.10. The van der Waals surface area contributed by atoms with Gasteiger partial charge < -0.3 is 10.1 Å². The van der Waals surface area contributed by atoms with Crippen LogP contribution in [0.15, 0.2) is 0 Å². The largest absolute Gasteiger partial charge is 0.375 e. The Kier molecular flexibility index (Phi) is 4.45. The first kappa shape index (κ1) is 13.8. The summed E-state index contributed by atoms with van der Waals surface area (Å²) >= 11 is 0. The zero-order valence-corrected chi connectivity index (χ0v) is 12.5. The second-order valence-electron chi connectivity index (χ2n) is 6.77. The summed E-state index contributed by atoms with van der Waals surface area (Å²) in [6.45, 7) is 7.00. The van der Waals surface area contributed by atoms with Crippen LogP contribution in [-0.4, -0.2) is 48.8 Å². The summed E-state index contributed by atoms with van der Waals surface area (Å²) in [5.41, 5.74) is 0.289. The normalized spacial score (nSPS) is 34.4. The zero-order chi connectivity index (χ0) is 13.1. The lowest BCUT2D eigenvalue weighted by Gasteiger charge is -2.51. The summed E-state index contributed by atoms with van der Waals surface area (Å²) in [4.78, 5) is 2.83. The predicted octanol–water partition coefficient (Wildman–Crippen LogP) is 2.55. The van der Waals surface area contributed by atoms with Crippen LogP contribution in [0, 0.1) is 0 Å². The third-order valence-corrected chi connectivity index (χ3v) is 5.42. The number of rotatable bonds is 4. The molecule has 0 radical (unpaired) electrons. The number of ether oxygens (including phenoxy) is 1. The molecule has 0 aromatic rings. The molecule has 2 aliphatic heterocycles. The fraction of sp³-hybridized carbons (Fsp3) is 1.00. The summed E-state index contributed by atoms with van der Waals surface area (Å²) in [6, 6.07) is 1.55. The van der Waals surface area contributed by atoms with Crippen molar-refractivity contribution in [2.45, 2.75) is 76.0 Å². The van der Waals surface area contributed by atoms with E-state index in [1.807, 2.05) is 0 Å². The summed E-state index contributed by atoms with van der Waals surface area (Å²) in [7, 11) is 0. The molecule has 0 amide bonds. The first-order valence-corrected chi connectivity index (χ1v) is 8.43. The van der Waals surface area contributed by atoms with E-state index >= 15 is 0 Å². The Bertz CT molecular complexity index is 284. The Morgan fingerprint density at radius 1 is 1.21 bits per heavy atom. The van der Waals surface area contributed by atoms with Crippen LogP contribution in [0.2, 0.25) is 0 Å². The Morgan fingerprint density at radius 3 is 2.74 bits per heavy atom. The van der Waals surface area contributed by atoms with Gasteiger partial charge in [0.2, 0.25) is 0 Å². The molecule has 1 aliphatic carbocycles. The molecular weight excluding hydrogens is 236 g/mol. The molecule has 3 heteroatoms. The first-order valence-electron chi connectivity index (χ1n) is 8.43. The summed E-state index contributed by atoms with van der Waals surface area (Å²) < 4.78 is 6.10. The van der Waals surface area contributed by atoms with Crippen molar-refractivity contribution in [2.24, 2.45) is 0 Å². The lowest BCUT2D eigenvalue weighted by Crippen LogP contribution is -2.57. The first-order chi connectivity index (χ1) is 9.33. The second-order valence-corrected chi connectivity index (χ2v) is 6.77. The van der Waals surface area contributed by atoms with Gasteiger partial charge in [0.1, 0.15) is 0 Å². The third kappa shape index (κ3) is 2.98. The van der Waals surface area contributed by atoms with Gasteiger partial charge in [-0.2, -0.15) is 0 Å². The van der Waals surface area contributed by atoms with Gasteiger partial charge in [0.05, 0.1) is 5.60 Å². The molecule has 3 fully saturated rings. The quantitative estimate of drug-likeness (QED) is 0.846. The molecule has 110 valence electrons. The van der Waals surface area contributed by atoms with Crippen LogP contribution >= 0.6 is 0 Å². The van der Waals surface area contributed by atoms with E-state index in [0.717, 1.165) is 18.7 Å². The van der Waals surface area contributed by atoms with Crippen molar-refractivity contribution < 1.29 is 4.74 Å². The predicted molar refractivity (Wildman–Crippen MR) is 78.4 cm³/mol. The van der Waals surface area contributed by atoms with Crippen molar-refractivity contribution in [3.05, 3.63) is 0 Å². The molecule has 2 unspecified atom stereocenters. The molecule has 1 N–H and O–H groups in total. The van der Waals surface area contributed by atoms with Crippen LogP contribution in [0.3, 0.4) is 0 Å². The molecule has 3 nitrogen and oxygen atoms in total. The fourth-order valence-electron chi connectivity index (χ4n) is 4.24. The fourth-order valence-corrected chi connectivity index (χ4v) is 4.24. The highest BCUT2D eigenvalue weighted by atomic mass is 16.5. The number of hydrogen-bond acceptors (Lipinski definition) is 3. The van der Waals surface area contributed by atoms with Gasteiger partial charge in [0, 0.05) is 25.2 Å². The Balaban J connectivity index is 1.64. The van der Waals surface area contributed by atoms with Gasteiger partial charge in [-0.15, -0.1) is 0 Å². The molecule has 2 atom stereocenters. The standard InChI is InChI=1S/C16H30N2O/c1-2-10-18(15-5-3-9-17-13-15)14-6-11-19-16(12-14)7-4-8-16/h14-15,17H,2-13H2,1H3. The molecule has 1 saturated carbocycles. The van der Waals surface area contributed by atoms with Crippen LogP contribution in [-0.2, 0) is 4.74 Å². The molecular formula is C16H30N2O. The van der Waals surface area contributed by atoms with E-state index < -0.39 is 0 Å². The van der Waals surface area contributed by atoms with Crippen molar-refractivity contribution in [2.75, 3.05) is 26.2 Å². The Morgan fingerprint density at radius 2 is 2.11 bits per heavy atom. The monoisotopic (exact) mass is 266 g/mol. The molecule has 19 heavy (non-hydrogen) atoms. The van der Waals surface area contributed by atoms with Crippen molar-refractivity contribution in [1.82, 2.24) is 10.2 Å². The summed E-state index contributed by atoms with van der Waals surface area (Å²) in [5.74, 6) is 0. The average Bonchev–Trinajstić information content (AvgIpc) is 2.44. The highest BCUT2D eigenvalue weighted by Gasteiger charge is 2.44. The van der Waals surface area contributed by atoms with Crippen LogP contribution in [0.25, 0.3) is 0 Å². The molecule has 0 aromatic carbocycles. The van der Waals surface area contributed by atoms with Gasteiger partial charge in [-0.3, -0.25) is 4.90 Å². The smallest absolute Gasteiger partial charge is 0.0697 e. The van der Waals surface area contributed by atoms with Crippen molar-refractivity contribution in [1.29, 1.82) is 0 Å². The minimum Gasteiger partial charge on any atom is -0.375 e. The molecule has 3 rings (SSSR count). The lowest BCUT2D eigenvalue weighted by atomic mass is 9.73. The summed E-state index contributed by atoms with van der Waals surface area (Å²) in [6.07, 6.45) is 10.6. The Labute approximate surface area is 118 Å². The van der Waals surface area contributed by atoms with E-state index in [2.05, 4.69) is 17.1 Å². The van der Waals surface area contributed by atoms with Crippen molar-refractivity contribution >= 4 is 0 Å². The van der Waals surface area contributed by atoms with E-state index in [4.69, 9.17) is 4.74 Å². The highest BCUT2D eigenvalue weighted by Crippen LogP contribution is 2.43. The van der Waals surface area contributed by atoms with E-state index in [-0.39, 0.29) is 5.60 Å². The van der Waals surface area contributed by atoms with Crippen molar-refractivity contribution in [3.8, 4) is 0 Å². The zero-order valence-electron chi connectivity index (χ0n) is 12.5. The van der Waals surface area contributed by atoms with Crippen LogP contribution in [0.1, 0.15) is 58.3 Å². The number of nitrogens with one attached hydrogen (secondary N) is 1. The van der Waals surface area contributed by atoms with E-state index in [9.17, 15) is 0 Å². The SMILES string of the molecule is CCCN(C1CCCNC1)C1CCOC2(CCC2)C1. The van der Waals surface area contributed by atoms with E-state index in [1.165, 1.54) is 71.0 Å². The minimum atomic E-state index is 0.289. The van der Waals surface area contributed by atoms with Crippen LogP contribution in [0.4, 0.5) is 0 Å². The lowest BCUT2D eigenvalue weighted by molar-refractivity contribution is -0.152. The van der Waals surface area contributed by atoms with Crippen molar-refractivity contribution in [3.63, 3.8) is 0 Å². The molecule has 0 aromatic heterocycles. The third-order valence-electron chi connectivity index (χ3n) is 5.42. The van der Waals surface area contributed by atoms with Gasteiger partial charge in [0.25, 0.3) is 0 Å². The van der Waals surface area contributed by atoms with Gasteiger partial charge in [0.15, 0.2) is 0 Å². The molecule has 1 spiro atoms. The van der Waals surface area contributed by atoms with E-state index in [0.29, 0.717) is 0 Å². The molecule has 0 bridgehead atoms. The molecule has 2 heterocycles. The maximum atomic E-state index is 6.10. The Hall–Kier alpha value is -0.120. The molecule has 3 aliphatic rings. The van der Waals surface area contributed by atoms with Crippen LogP contribution in [0.5, 0.6) is 0 Å². The van der Waals surface area contributed by atoms with Gasteiger partial charge in [-0.05, 0) is 64.5 Å². The van der Waals surface area contributed by atoms with Gasteiger partial charge >= 0.3 is 0 Å². The summed E-state index contributed by atoms with van der Waals surface area (Å²) in [5, 5.41) is 3.59. The van der Waals surface area contributed by atoms with Crippen LogP contribution < -0.4 is 5.32 Å². The topological polar surface area (TPSA) is 24.5 Å². The van der Waals surface area contributed by atoms with Gasteiger partial charge in [-0.1, -0.05) is 6.92 Å². The molecule has 2 saturated heterocycles. The van der Waals surface area contributed by atoms with Gasteiger partial charge in [-0.25, -0.2) is 0 Å². The second kappa shape index (κ2) is 6.11. The van der Waals surface area contributed by atoms with E-state index in [1.54, 1.807) is 0 Å². The average molecular weight is 266 g/mol. The minimum absolute atomic E-state index is 0.289.